The van der Waals surface area contributed by atoms with Crippen molar-refractivity contribution in [3.8, 4) is 0 Å². The van der Waals surface area contributed by atoms with Crippen LogP contribution in [0, 0.1) is 0 Å². The Hall–Kier alpha value is -1.27. The third-order valence-corrected chi connectivity index (χ3v) is 4.96. The molecule has 0 saturated heterocycles. The lowest BCUT2D eigenvalue weighted by Crippen LogP contribution is -2.15. The lowest BCUT2D eigenvalue weighted by atomic mass is 10.4. The molecule has 0 aliphatic heterocycles. The van der Waals surface area contributed by atoms with Gasteiger partial charge in [-0.25, -0.2) is 4.79 Å². The van der Waals surface area contributed by atoms with Crippen molar-refractivity contribution in [2.75, 3.05) is 166 Å². The van der Waals surface area contributed by atoms with Gasteiger partial charge in [0.15, 0.2) is 0 Å². The lowest BCUT2D eigenvalue weighted by molar-refractivity contribution is -0.140. The van der Waals surface area contributed by atoms with E-state index in [-0.39, 0.29) is 6.61 Å². The van der Waals surface area contributed by atoms with E-state index in [2.05, 4.69) is 6.58 Å². The number of ether oxygens (including phenoxy) is 13. The molecule has 14 heteroatoms. The molecule has 0 saturated carbocycles. The maximum Gasteiger partial charge on any atom is 0.333 e. The van der Waals surface area contributed by atoms with Crippen LogP contribution >= 0.6 is 0 Å². The van der Waals surface area contributed by atoms with Crippen molar-refractivity contribution < 1.29 is 66.4 Å². The first-order valence-electron chi connectivity index (χ1n) is 14.8. The smallest absolute Gasteiger partial charge is 0.333 e. The van der Waals surface area contributed by atoms with Crippen molar-refractivity contribution in [1.29, 1.82) is 0 Å². The van der Waals surface area contributed by atoms with E-state index in [1.54, 1.807) is 14.0 Å². The Kier molecular flexibility index (Phi) is 35.8. The minimum atomic E-state index is -0.413. The summed E-state index contributed by atoms with van der Waals surface area (Å²) >= 11 is 0. The number of methoxy groups -OCH3 is 1. The minimum absolute atomic E-state index is 0.199. The van der Waals surface area contributed by atoms with Crippen LogP contribution in [0.1, 0.15) is 6.92 Å². The Morgan fingerprint density at radius 2 is 0.558 bits per heavy atom. The zero-order valence-electron chi connectivity index (χ0n) is 26.4. The Morgan fingerprint density at radius 1 is 0.372 bits per heavy atom. The summed E-state index contributed by atoms with van der Waals surface area (Å²) in [5.41, 5.74) is 0.370. The monoisotopic (exact) mass is 628 g/mol. The molecule has 0 atom stereocenters. The molecule has 0 rings (SSSR count). The van der Waals surface area contributed by atoms with E-state index in [1.807, 2.05) is 0 Å². The zero-order chi connectivity index (χ0) is 31.3. The molecule has 0 aromatic heterocycles. The summed E-state index contributed by atoms with van der Waals surface area (Å²) in [5, 5.41) is 0. The quantitative estimate of drug-likeness (QED) is 0.0548. The molecule has 0 fully saturated rings. The summed E-state index contributed by atoms with van der Waals surface area (Å²) in [6.45, 7) is 16.8. The maximum absolute atomic E-state index is 11.2. The second kappa shape index (κ2) is 36.9. The molecule has 0 radical (unpaired) electrons. The van der Waals surface area contributed by atoms with Crippen molar-refractivity contribution >= 4 is 5.97 Å². The summed E-state index contributed by atoms with van der Waals surface area (Å²) in [5.74, 6) is -0.413. The second-order valence-electron chi connectivity index (χ2n) is 8.65. The molecule has 0 N–H and O–H groups in total. The van der Waals surface area contributed by atoms with E-state index in [1.165, 1.54) is 0 Å². The standard InChI is InChI=1S/C29H56O14/c1-28(2)29(30)43-27-26-42-25-24-41-23-22-40-21-20-39-19-18-38-17-16-37-15-14-36-13-12-35-11-10-34-9-8-33-7-6-32-5-4-31-3/h1,4-27H2,2-3H3. The molecule has 256 valence electrons. The van der Waals surface area contributed by atoms with Crippen LogP contribution in [0.25, 0.3) is 0 Å². The van der Waals surface area contributed by atoms with Gasteiger partial charge < -0.3 is 61.6 Å². The van der Waals surface area contributed by atoms with E-state index in [9.17, 15) is 4.79 Å². The number of esters is 1. The lowest BCUT2D eigenvalue weighted by Gasteiger charge is -2.09. The summed E-state index contributed by atoms with van der Waals surface area (Å²) < 4.78 is 69.3. The van der Waals surface area contributed by atoms with Crippen LogP contribution in [0.3, 0.4) is 0 Å². The molecular formula is C29H56O14. The highest BCUT2D eigenvalue weighted by atomic mass is 16.6. The molecule has 0 amide bonds. The van der Waals surface area contributed by atoms with Crippen LogP contribution in [0.4, 0.5) is 0 Å². The molecule has 0 aromatic rings. The van der Waals surface area contributed by atoms with Crippen LogP contribution in [0.15, 0.2) is 12.2 Å². The van der Waals surface area contributed by atoms with E-state index in [4.69, 9.17) is 61.6 Å². The Bertz CT molecular complexity index is 581. The fraction of sp³-hybridized carbons (Fsp3) is 0.897. The van der Waals surface area contributed by atoms with Gasteiger partial charge in [-0.1, -0.05) is 6.58 Å². The first-order valence-corrected chi connectivity index (χ1v) is 14.8. The highest BCUT2D eigenvalue weighted by Gasteiger charge is 2.02. The van der Waals surface area contributed by atoms with E-state index < -0.39 is 5.97 Å². The molecule has 0 aliphatic carbocycles. The van der Waals surface area contributed by atoms with Gasteiger partial charge in [-0.3, -0.25) is 0 Å². The number of hydrogen-bond donors (Lipinski definition) is 0. The van der Waals surface area contributed by atoms with E-state index >= 15 is 0 Å². The second-order valence-corrected chi connectivity index (χ2v) is 8.65. The molecule has 14 nitrogen and oxygen atoms in total. The van der Waals surface area contributed by atoms with Crippen molar-refractivity contribution in [3.05, 3.63) is 12.2 Å². The van der Waals surface area contributed by atoms with Crippen LogP contribution in [0.5, 0.6) is 0 Å². The molecular weight excluding hydrogens is 572 g/mol. The van der Waals surface area contributed by atoms with Crippen molar-refractivity contribution in [2.45, 2.75) is 6.92 Å². The van der Waals surface area contributed by atoms with Gasteiger partial charge in [-0.05, 0) is 6.92 Å². The number of rotatable bonds is 37. The number of hydrogen-bond acceptors (Lipinski definition) is 14. The van der Waals surface area contributed by atoms with Crippen LogP contribution in [-0.2, 0) is 66.4 Å². The Labute approximate surface area is 257 Å². The average molecular weight is 629 g/mol. The first-order chi connectivity index (χ1) is 21.2. The molecule has 43 heavy (non-hydrogen) atoms. The highest BCUT2D eigenvalue weighted by molar-refractivity contribution is 5.86. The SMILES string of the molecule is C=C(C)C(=O)OCCOCCOCCOCCOCCOCCOCCOCCOCCOCCOCCOCCOC. The largest absolute Gasteiger partial charge is 0.460 e. The topological polar surface area (TPSA) is 137 Å². The predicted molar refractivity (Wildman–Crippen MR) is 157 cm³/mol. The predicted octanol–water partition coefficient (Wildman–Crippen LogP) is 0.935. The van der Waals surface area contributed by atoms with Gasteiger partial charge >= 0.3 is 5.97 Å². The van der Waals surface area contributed by atoms with Gasteiger partial charge in [0.05, 0.1) is 152 Å². The first kappa shape index (κ1) is 41.7. The number of carbonyl (C=O) groups is 1. The third kappa shape index (κ3) is 36.8. The van der Waals surface area contributed by atoms with Crippen LogP contribution in [-0.4, -0.2) is 172 Å². The fourth-order valence-electron chi connectivity index (χ4n) is 2.76. The molecule has 0 bridgehead atoms. The Balaban J connectivity index is 3.06. The molecule has 0 unspecified atom stereocenters. The molecule has 0 aromatic carbocycles. The average Bonchev–Trinajstić information content (AvgIpc) is 3.00. The Morgan fingerprint density at radius 3 is 0.744 bits per heavy atom. The van der Waals surface area contributed by atoms with Crippen molar-refractivity contribution in [3.63, 3.8) is 0 Å². The van der Waals surface area contributed by atoms with E-state index in [0.717, 1.165) is 0 Å². The van der Waals surface area contributed by atoms with Gasteiger partial charge in [0.1, 0.15) is 6.61 Å². The van der Waals surface area contributed by atoms with Gasteiger partial charge in [0.2, 0.25) is 0 Å². The van der Waals surface area contributed by atoms with Gasteiger partial charge in [-0.2, -0.15) is 0 Å². The normalized spacial score (nSPS) is 11.3. The summed E-state index contributed by atoms with van der Waals surface area (Å²) in [6.07, 6.45) is 0. The van der Waals surface area contributed by atoms with Crippen LogP contribution in [0.2, 0.25) is 0 Å². The summed E-state index contributed by atoms with van der Waals surface area (Å²) in [6, 6.07) is 0. The molecule has 0 aliphatic rings. The summed E-state index contributed by atoms with van der Waals surface area (Å²) in [4.78, 5) is 11.2. The third-order valence-electron chi connectivity index (χ3n) is 4.96. The molecule has 0 heterocycles. The van der Waals surface area contributed by atoms with Gasteiger partial charge in [0, 0.05) is 12.7 Å². The van der Waals surface area contributed by atoms with Gasteiger partial charge in [0.25, 0.3) is 0 Å². The number of carbonyl (C=O) groups excluding carboxylic acids is 1. The zero-order valence-corrected chi connectivity index (χ0v) is 26.4. The van der Waals surface area contributed by atoms with Crippen LogP contribution < -0.4 is 0 Å². The minimum Gasteiger partial charge on any atom is -0.460 e. The molecule has 0 spiro atoms. The van der Waals surface area contributed by atoms with Gasteiger partial charge in [-0.15, -0.1) is 0 Å². The summed E-state index contributed by atoms with van der Waals surface area (Å²) in [7, 11) is 1.64. The van der Waals surface area contributed by atoms with Crippen molar-refractivity contribution in [2.24, 2.45) is 0 Å². The van der Waals surface area contributed by atoms with E-state index in [0.29, 0.717) is 158 Å². The fourth-order valence-corrected chi connectivity index (χ4v) is 2.76. The maximum atomic E-state index is 11.2. The highest BCUT2D eigenvalue weighted by Crippen LogP contribution is 1.92. The van der Waals surface area contributed by atoms with Crippen molar-refractivity contribution in [1.82, 2.24) is 0 Å².